The van der Waals surface area contributed by atoms with Crippen LogP contribution in [-0.2, 0) is 0 Å². The number of rotatable bonds is 1. The molecular formula is C21H13BrN2. The molecule has 0 saturated heterocycles. The Labute approximate surface area is 147 Å². The van der Waals surface area contributed by atoms with Gasteiger partial charge in [-0.1, -0.05) is 58.4 Å². The van der Waals surface area contributed by atoms with Gasteiger partial charge in [-0.25, -0.2) is 0 Å². The minimum Gasteiger partial charge on any atom is -0.309 e. The van der Waals surface area contributed by atoms with Crippen LogP contribution in [0.4, 0.5) is 0 Å². The molecule has 24 heavy (non-hydrogen) atoms. The molecule has 0 aliphatic carbocycles. The number of halogens is 1. The second-order valence-electron chi connectivity index (χ2n) is 5.86. The van der Waals surface area contributed by atoms with Crippen LogP contribution in [-0.4, -0.2) is 9.55 Å². The first kappa shape index (κ1) is 13.8. The van der Waals surface area contributed by atoms with Gasteiger partial charge in [-0.15, -0.1) is 0 Å². The van der Waals surface area contributed by atoms with Gasteiger partial charge in [0, 0.05) is 33.0 Å². The highest BCUT2D eigenvalue weighted by atomic mass is 79.9. The van der Waals surface area contributed by atoms with Crippen LogP contribution in [0, 0.1) is 0 Å². The summed E-state index contributed by atoms with van der Waals surface area (Å²) < 4.78 is 3.45. The van der Waals surface area contributed by atoms with Crippen molar-refractivity contribution in [2.45, 2.75) is 0 Å². The highest BCUT2D eigenvalue weighted by Crippen LogP contribution is 2.35. The maximum absolute atomic E-state index is 4.33. The molecule has 2 nitrogen and oxygen atoms in total. The molecule has 0 bridgehead atoms. The van der Waals surface area contributed by atoms with Gasteiger partial charge < -0.3 is 4.57 Å². The molecule has 5 rings (SSSR count). The lowest BCUT2D eigenvalue weighted by atomic mass is 10.1. The zero-order valence-electron chi connectivity index (χ0n) is 12.8. The van der Waals surface area contributed by atoms with Gasteiger partial charge in [0.15, 0.2) is 0 Å². The first-order chi connectivity index (χ1) is 11.8. The molecule has 0 radical (unpaired) electrons. The number of aromatic nitrogens is 2. The third-order valence-corrected chi connectivity index (χ3v) is 5.25. The van der Waals surface area contributed by atoms with E-state index < -0.39 is 0 Å². The summed E-state index contributed by atoms with van der Waals surface area (Å²) in [5.74, 6) is 0. The fourth-order valence-electron chi connectivity index (χ4n) is 3.52. The molecule has 0 amide bonds. The molecule has 2 aromatic heterocycles. The van der Waals surface area contributed by atoms with Crippen molar-refractivity contribution in [2.24, 2.45) is 0 Å². The highest BCUT2D eigenvalue weighted by molar-refractivity contribution is 9.10. The Kier molecular flexibility index (Phi) is 2.97. The van der Waals surface area contributed by atoms with Gasteiger partial charge in [-0.2, -0.15) is 0 Å². The molecule has 0 fully saturated rings. The van der Waals surface area contributed by atoms with E-state index in [1.807, 2.05) is 12.4 Å². The zero-order valence-corrected chi connectivity index (χ0v) is 14.4. The number of hydrogen-bond donors (Lipinski definition) is 0. The van der Waals surface area contributed by atoms with Crippen molar-refractivity contribution in [3.05, 3.63) is 83.6 Å². The van der Waals surface area contributed by atoms with Crippen LogP contribution in [0.3, 0.4) is 0 Å². The van der Waals surface area contributed by atoms with Crippen LogP contribution in [0.15, 0.2) is 83.6 Å². The maximum Gasteiger partial charge on any atom is 0.0572 e. The Balaban J connectivity index is 2.02. The maximum atomic E-state index is 4.33. The fourth-order valence-corrected chi connectivity index (χ4v) is 3.99. The summed E-state index contributed by atoms with van der Waals surface area (Å²) in [7, 11) is 0. The molecule has 0 N–H and O–H groups in total. The summed E-state index contributed by atoms with van der Waals surface area (Å²) >= 11 is 3.67. The molecular weight excluding hydrogens is 360 g/mol. The Morgan fingerprint density at radius 3 is 2.25 bits per heavy atom. The number of fused-ring (bicyclic) bond motifs is 4. The zero-order chi connectivity index (χ0) is 16.1. The van der Waals surface area contributed by atoms with E-state index in [1.54, 1.807) is 0 Å². The average Bonchev–Trinajstić information content (AvgIpc) is 2.97. The van der Waals surface area contributed by atoms with E-state index in [0.29, 0.717) is 0 Å². The standard InChI is InChI=1S/C21H13BrN2/c22-18-9-10-20(15-6-2-1-5-14(15)18)24-19-8-4-3-7-16(19)17-13-23-12-11-21(17)24/h1-13H. The van der Waals surface area contributed by atoms with Gasteiger partial charge >= 0.3 is 0 Å². The Morgan fingerprint density at radius 2 is 1.38 bits per heavy atom. The van der Waals surface area contributed by atoms with Crippen LogP contribution in [0.2, 0.25) is 0 Å². The second-order valence-corrected chi connectivity index (χ2v) is 6.71. The predicted molar refractivity (Wildman–Crippen MR) is 104 cm³/mol. The monoisotopic (exact) mass is 372 g/mol. The van der Waals surface area contributed by atoms with Gasteiger partial charge in [0.05, 0.1) is 16.7 Å². The largest absolute Gasteiger partial charge is 0.309 e. The first-order valence-corrected chi connectivity index (χ1v) is 8.65. The molecule has 2 heterocycles. The number of pyridine rings is 1. The number of hydrogen-bond acceptors (Lipinski definition) is 1. The average molecular weight is 373 g/mol. The lowest BCUT2D eigenvalue weighted by Gasteiger charge is -2.12. The van der Waals surface area contributed by atoms with Gasteiger partial charge in [0.1, 0.15) is 0 Å². The predicted octanol–water partition coefficient (Wildman–Crippen LogP) is 6.09. The quantitative estimate of drug-likeness (QED) is 0.347. The van der Waals surface area contributed by atoms with Crippen molar-refractivity contribution < 1.29 is 0 Å². The molecule has 0 saturated carbocycles. The van der Waals surface area contributed by atoms with Crippen molar-refractivity contribution >= 4 is 48.5 Å². The van der Waals surface area contributed by atoms with Crippen molar-refractivity contribution in [3.8, 4) is 5.69 Å². The first-order valence-electron chi connectivity index (χ1n) is 7.85. The van der Waals surface area contributed by atoms with Crippen LogP contribution in [0.5, 0.6) is 0 Å². The summed E-state index contributed by atoms with van der Waals surface area (Å²) in [6.45, 7) is 0. The normalized spacial score (nSPS) is 11.5. The van der Waals surface area contributed by atoms with E-state index in [0.717, 1.165) is 4.47 Å². The van der Waals surface area contributed by atoms with Crippen LogP contribution < -0.4 is 0 Å². The summed E-state index contributed by atoms with van der Waals surface area (Å²) in [6, 6.07) is 23.4. The molecule has 3 heteroatoms. The second kappa shape index (κ2) is 5.18. The van der Waals surface area contributed by atoms with Crippen molar-refractivity contribution in [2.75, 3.05) is 0 Å². The molecule has 0 spiro atoms. The highest BCUT2D eigenvalue weighted by Gasteiger charge is 2.14. The van der Waals surface area contributed by atoms with E-state index in [9.17, 15) is 0 Å². The summed E-state index contributed by atoms with van der Waals surface area (Å²) in [6.07, 6.45) is 3.81. The van der Waals surface area contributed by atoms with Crippen LogP contribution in [0.1, 0.15) is 0 Å². The van der Waals surface area contributed by atoms with Gasteiger partial charge in [-0.3, -0.25) is 4.98 Å². The van der Waals surface area contributed by atoms with Gasteiger partial charge in [0.25, 0.3) is 0 Å². The Hall–Kier alpha value is -2.65. The lowest BCUT2D eigenvalue weighted by Crippen LogP contribution is -1.95. The molecule has 0 atom stereocenters. The van der Waals surface area contributed by atoms with E-state index in [2.05, 4.69) is 92.2 Å². The van der Waals surface area contributed by atoms with Crippen molar-refractivity contribution in [1.82, 2.24) is 9.55 Å². The third kappa shape index (κ3) is 1.85. The Bertz CT molecular complexity index is 1170. The number of para-hydroxylation sites is 1. The summed E-state index contributed by atoms with van der Waals surface area (Å²) in [4.78, 5) is 4.33. The van der Waals surface area contributed by atoms with E-state index in [-0.39, 0.29) is 0 Å². The minimum atomic E-state index is 1.12. The summed E-state index contributed by atoms with van der Waals surface area (Å²) in [5, 5.41) is 4.86. The topological polar surface area (TPSA) is 17.8 Å². The molecule has 5 aromatic rings. The van der Waals surface area contributed by atoms with Gasteiger partial charge in [0.2, 0.25) is 0 Å². The van der Waals surface area contributed by atoms with Crippen LogP contribution >= 0.6 is 15.9 Å². The minimum absolute atomic E-state index is 1.12. The number of nitrogens with zero attached hydrogens (tertiary/aromatic N) is 2. The molecule has 114 valence electrons. The molecule has 0 unspecified atom stereocenters. The molecule has 0 aliphatic rings. The van der Waals surface area contributed by atoms with Crippen molar-refractivity contribution in [3.63, 3.8) is 0 Å². The Morgan fingerprint density at radius 1 is 0.667 bits per heavy atom. The molecule has 3 aromatic carbocycles. The van der Waals surface area contributed by atoms with E-state index >= 15 is 0 Å². The third-order valence-electron chi connectivity index (χ3n) is 4.56. The lowest BCUT2D eigenvalue weighted by molar-refractivity contribution is 1.19. The number of benzene rings is 3. The van der Waals surface area contributed by atoms with E-state index in [4.69, 9.17) is 0 Å². The molecule has 0 aliphatic heterocycles. The SMILES string of the molecule is Brc1ccc(-n2c3ccccc3c3cnccc32)c2ccccc12. The van der Waals surface area contributed by atoms with Gasteiger partial charge in [-0.05, 0) is 29.7 Å². The smallest absolute Gasteiger partial charge is 0.0572 e. The fraction of sp³-hybridized carbons (Fsp3) is 0. The van der Waals surface area contributed by atoms with Crippen molar-refractivity contribution in [1.29, 1.82) is 0 Å². The van der Waals surface area contributed by atoms with E-state index in [1.165, 1.54) is 38.3 Å². The summed E-state index contributed by atoms with van der Waals surface area (Å²) in [5.41, 5.74) is 3.57. The van der Waals surface area contributed by atoms with Crippen LogP contribution in [0.25, 0.3) is 38.3 Å².